The first kappa shape index (κ1) is 17.9. The van der Waals surface area contributed by atoms with Crippen LogP contribution in [0.3, 0.4) is 0 Å². The Morgan fingerprint density at radius 3 is 2.76 bits per heavy atom. The number of carbonyl (C=O) groups excluding carboxylic acids is 1. The zero-order valence-corrected chi connectivity index (χ0v) is 16.2. The maximum atomic E-state index is 12.4. The monoisotopic (exact) mass is 371 g/mol. The van der Waals surface area contributed by atoms with Crippen LogP contribution >= 0.6 is 23.1 Å². The molecule has 0 fully saturated rings. The molecule has 3 aromatic rings. The van der Waals surface area contributed by atoms with Crippen molar-refractivity contribution in [2.75, 3.05) is 6.54 Å². The number of thiophene rings is 1. The summed E-state index contributed by atoms with van der Waals surface area (Å²) in [6.07, 6.45) is 2.42. The Balaban J connectivity index is 1.62. The normalized spacial score (nSPS) is 12.3. The van der Waals surface area contributed by atoms with Crippen molar-refractivity contribution in [2.45, 2.75) is 37.5 Å². The molecule has 0 radical (unpaired) electrons. The maximum absolute atomic E-state index is 12.4. The van der Waals surface area contributed by atoms with Gasteiger partial charge in [0.15, 0.2) is 0 Å². The minimum Gasteiger partial charge on any atom is -0.355 e. The topological polar surface area (TPSA) is 54.9 Å². The van der Waals surface area contributed by atoms with Gasteiger partial charge in [0.05, 0.1) is 5.25 Å². The zero-order chi connectivity index (χ0) is 17.8. The van der Waals surface area contributed by atoms with Gasteiger partial charge >= 0.3 is 0 Å². The molecule has 25 heavy (non-hydrogen) atoms. The summed E-state index contributed by atoms with van der Waals surface area (Å²) < 4.78 is 0. The van der Waals surface area contributed by atoms with Crippen LogP contribution in [0.25, 0.3) is 10.2 Å². The average Bonchev–Trinajstić information content (AvgIpc) is 2.91. The lowest BCUT2D eigenvalue weighted by atomic mass is 10.1. The van der Waals surface area contributed by atoms with Crippen LogP contribution in [-0.4, -0.2) is 27.7 Å². The van der Waals surface area contributed by atoms with Crippen molar-refractivity contribution in [3.8, 4) is 0 Å². The highest BCUT2D eigenvalue weighted by molar-refractivity contribution is 8.00. The molecule has 3 rings (SSSR count). The highest BCUT2D eigenvalue weighted by Gasteiger charge is 2.19. The van der Waals surface area contributed by atoms with Gasteiger partial charge in [0, 0.05) is 16.8 Å². The number of thioether (sulfide) groups is 1. The quantitative estimate of drug-likeness (QED) is 0.522. The number of nitrogens with zero attached hydrogens (tertiary/aromatic N) is 2. The van der Waals surface area contributed by atoms with E-state index in [4.69, 9.17) is 0 Å². The highest BCUT2D eigenvalue weighted by atomic mass is 32.2. The molecule has 1 amide bonds. The number of benzene rings is 1. The molecular weight excluding hydrogens is 350 g/mol. The van der Waals surface area contributed by atoms with E-state index in [1.54, 1.807) is 17.7 Å². The van der Waals surface area contributed by atoms with E-state index in [2.05, 4.69) is 41.3 Å². The molecule has 6 heteroatoms. The predicted octanol–water partition coefficient (Wildman–Crippen LogP) is 4.15. The third-order valence-corrected chi connectivity index (χ3v) is 6.36. The van der Waals surface area contributed by atoms with Gasteiger partial charge in [-0.2, -0.15) is 0 Å². The van der Waals surface area contributed by atoms with Crippen molar-refractivity contribution in [1.29, 1.82) is 0 Å². The number of nitrogens with one attached hydrogen (secondary N) is 1. The Bertz CT molecular complexity index is 877. The molecule has 0 aliphatic heterocycles. The first-order chi connectivity index (χ1) is 12.1. The van der Waals surface area contributed by atoms with Gasteiger partial charge in [-0.3, -0.25) is 4.79 Å². The number of aryl methyl sites for hydroxylation is 2. The summed E-state index contributed by atoms with van der Waals surface area (Å²) >= 11 is 3.17. The molecule has 0 unspecified atom stereocenters. The molecular formula is C19H21N3OS2. The summed E-state index contributed by atoms with van der Waals surface area (Å²) in [6, 6.07) is 10.2. The van der Waals surface area contributed by atoms with Crippen molar-refractivity contribution in [3.63, 3.8) is 0 Å². The second kappa shape index (κ2) is 7.97. The number of aromatic nitrogens is 2. The van der Waals surface area contributed by atoms with Crippen LogP contribution < -0.4 is 5.32 Å². The van der Waals surface area contributed by atoms with Crippen LogP contribution in [0.4, 0.5) is 0 Å². The Kier molecular flexibility index (Phi) is 5.71. The fraction of sp³-hybridized carbons (Fsp3) is 0.316. The third kappa shape index (κ3) is 4.19. The van der Waals surface area contributed by atoms with E-state index in [-0.39, 0.29) is 11.2 Å². The van der Waals surface area contributed by atoms with Crippen LogP contribution in [0.2, 0.25) is 0 Å². The number of hydrogen-bond acceptors (Lipinski definition) is 5. The lowest BCUT2D eigenvalue weighted by Crippen LogP contribution is -2.32. The van der Waals surface area contributed by atoms with Crippen molar-refractivity contribution in [3.05, 3.63) is 52.7 Å². The second-order valence-electron chi connectivity index (χ2n) is 5.93. The summed E-state index contributed by atoms with van der Waals surface area (Å²) in [5.41, 5.74) is 2.43. The van der Waals surface area contributed by atoms with Gasteiger partial charge in [0.1, 0.15) is 16.2 Å². The van der Waals surface area contributed by atoms with Crippen LogP contribution in [0.1, 0.15) is 22.9 Å². The van der Waals surface area contributed by atoms with E-state index in [1.165, 1.54) is 27.8 Å². The summed E-state index contributed by atoms with van der Waals surface area (Å²) in [5, 5.41) is 4.79. The van der Waals surface area contributed by atoms with Crippen LogP contribution in [0.5, 0.6) is 0 Å². The fourth-order valence-corrected chi connectivity index (χ4v) is 4.64. The van der Waals surface area contributed by atoms with E-state index in [0.29, 0.717) is 6.54 Å². The summed E-state index contributed by atoms with van der Waals surface area (Å²) in [5.74, 6) is 0.0392. The van der Waals surface area contributed by atoms with Crippen LogP contribution in [0, 0.1) is 13.8 Å². The summed E-state index contributed by atoms with van der Waals surface area (Å²) in [6.45, 7) is 6.75. The number of fused-ring (bicyclic) bond motifs is 1. The molecule has 0 spiro atoms. The number of hydrogen-bond donors (Lipinski definition) is 1. The SMILES string of the molecule is Cc1sc2ncnc(S[C@H](C)C(=O)NCCc3ccccc3)c2c1C. The number of amides is 1. The lowest BCUT2D eigenvalue weighted by Gasteiger charge is -2.12. The van der Waals surface area contributed by atoms with Gasteiger partial charge in [-0.15, -0.1) is 11.3 Å². The van der Waals surface area contributed by atoms with Gasteiger partial charge in [-0.1, -0.05) is 42.1 Å². The largest absolute Gasteiger partial charge is 0.355 e. The van der Waals surface area contributed by atoms with E-state index < -0.39 is 0 Å². The van der Waals surface area contributed by atoms with Gasteiger partial charge in [0.25, 0.3) is 0 Å². The van der Waals surface area contributed by atoms with E-state index in [0.717, 1.165) is 21.7 Å². The van der Waals surface area contributed by atoms with Crippen molar-refractivity contribution in [1.82, 2.24) is 15.3 Å². The van der Waals surface area contributed by atoms with Crippen LogP contribution in [0.15, 0.2) is 41.7 Å². The third-order valence-electron chi connectivity index (χ3n) is 4.14. The Morgan fingerprint density at radius 1 is 1.24 bits per heavy atom. The highest BCUT2D eigenvalue weighted by Crippen LogP contribution is 2.35. The first-order valence-electron chi connectivity index (χ1n) is 8.25. The molecule has 0 aliphatic rings. The van der Waals surface area contributed by atoms with Crippen molar-refractivity contribution < 1.29 is 4.79 Å². The molecule has 1 aromatic carbocycles. The summed E-state index contributed by atoms with van der Waals surface area (Å²) in [7, 11) is 0. The standard InChI is InChI=1S/C19H21N3OS2/c1-12-13(2)24-18-16(12)19(22-11-21-18)25-14(3)17(23)20-10-9-15-7-5-4-6-8-15/h4-8,11,14H,9-10H2,1-3H3,(H,20,23)/t14-/m1/s1. The molecule has 1 N–H and O–H groups in total. The van der Waals surface area contributed by atoms with E-state index in [9.17, 15) is 4.79 Å². The minimum atomic E-state index is -0.200. The number of carbonyl (C=O) groups is 1. The molecule has 2 heterocycles. The lowest BCUT2D eigenvalue weighted by molar-refractivity contribution is -0.120. The number of rotatable bonds is 6. The molecule has 0 aliphatic carbocycles. The van der Waals surface area contributed by atoms with Gasteiger partial charge in [0.2, 0.25) is 5.91 Å². The maximum Gasteiger partial charge on any atom is 0.233 e. The molecule has 0 bridgehead atoms. The first-order valence-corrected chi connectivity index (χ1v) is 9.95. The average molecular weight is 372 g/mol. The zero-order valence-electron chi connectivity index (χ0n) is 14.6. The van der Waals surface area contributed by atoms with Crippen molar-refractivity contribution in [2.24, 2.45) is 0 Å². The van der Waals surface area contributed by atoms with Gasteiger partial charge < -0.3 is 5.32 Å². The Hall–Kier alpha value is -1.92. The molecule has 0 saturated heterocycles. The smallest absolute Gasteiger partial charge is 0.233 e. The van der Waals surface area contributed by atoms with Crippen LogP contribution in [-0.2, 0) is 11.2 Å². The fourth-order valence-electron chi connectivity index (χ4n) is 2.58. The molecule has 1 atom stereocenters. The minimum absolute atomic E-state index is 0.0392. The summed E-state index contributed by atoms with van der Waals surface area (Å²) in [4.78, 5) is 23.4. The Morgan fingerprint density at radius 2 is 2.00 bits per heavy atom. The van der Waals surface area contributed by atoms with E-state index in [1.807, 2.05) is 25.1 Å². The molecule has 4 nitrogen and oxygen atoms in total. The molecule has 130 valence electrons. The second-order valence-corrected chi connectivity index (χ2v) is 8.46. The molecule has 2 aromatic heterocycles. The predicted molar refractivity (Wildman–Crippen MR) is 105 cm³/mol. The Labute approximate surface area is 156 Å². The van der Waals surface area contributed by atoms with Gasteiger partial charge in [-0.05, 0) is 38.3 Å². The van der Waals surface area contributed by atoms with Gasteiger partial charge in [-0.25, -0.2) is 9.97 Å². The molecule has 0 saturated carbocycles. The van der Waals surface area contributed by atoms with E-state index >= 15 is 0 Å². The van der Waals surface area contributed by atoms with Crippen molar-refractivity contribution >= 4 is 39.2 Å².